The molecule has 0 radical (unpaired) electrons. The van der Waals surface area contributed by atoms with Crippen molar-refractivity contribution in [2.45, 2.75) is 40.5 Å². The van der Waals surface area contributed by atoms with Gasteiger partial charge in [0, 0.05) is 18.9 Å². The molecule has 1 amide bonds. The highest BCUT2D eigenvalue weighted by atomic mass is 16.5. The third-order valence-corrected chi connectivity index (χ3v) is 3.30. The second-order valence-corrected chi connectivity index (χ2v) is 4.48. The number of carbonyl (C=O) groups excluding carboxylic acids is 2. The minimum Gasteiger partial charge on any atom is -0.451 e. The van der Waals surface area contributed by atoms with E-state index in [0.29, 0.717) is 12.1 Å². The van der Waals surface area contributed by atoms with Crippen LogP contribution in [0.5, 0.6) is 0 Å². The first-order valence-corrected chi connectivity index (χ1v) is 6.92. The number of amides is 1. The van der Waals surface area contributed by atoms with E-state index in [0.717, 1.165) is 26.1 Å². The van der Waals surface area contributed by atoms with Crippen LogP contribution >= 0.6 is 0 Å². The lowest BCUT2D eigenvalue weighted by Crippen LogP contribution is -2.30. The fraction of sp³-hybridized carbons (Fsp3) is 0.786. The number of methoxy groups -OCH3 is 1. The van der Waals surface area contributed by atoms with E-state index in [9.17, 15) is 9.59 Å². The first kappa shape index (κ1) is 17.8. The molecule has 5 nitrogen and oxygen atoms in total. The zero-order chi connectivity index (χ0) is 14.8. The second-order valence-electron chi connectivity index (χ2n) is 4.48. The topological polar surface area (TPSA) is 59.0 Å². The Labute approximate surface area is 116 Å². The van der Waals surface area contributed by atoms with Crippen molar-refractivity contribution in [3.05, 3.63) is 0 Å². The van der Waals surface area contributed by atoms with Crippen molar-refractivity contribution in [3.63, 3.8) is 0 Å². The van der Waals surface area contributed by atoms with Gasteiger partial charge in [-0.15, -0.1) is 0 Å². The number of nitrogens with zero attached hydrogens (tertiary/aromatic N) is 2. The molecule has 0 saturated carbocycles. The Morgan fingerprint density at radius 2 is 1.79 bits per heavy atom. The summed E-state index contributed by atoms with van der Waals surface area (Å²) < 4.78 is 4.51. The van der Waals surface area contributed by atoms with E-state index in [1.54, 1.807) is 0 Å². The van der Waals surface area contributed by atoms with Gasteiger partial charge in [0.15, 0.2) is 5.78 Å². The molecule has 1 unspecified atom stereocenters. The monoisotopic (exact) mass is 270 g/mol. The van der Waals surface area contributed by atoms with Crippen molar-refractivity contribution >= 4 is 17.6 Å². The molecule has 0 aliphatic carbocycles. The molecule has 0 heterocycles. The van der Waals surface area contributed by atoms with Crippen LogP contribution in [0.25, 0.3) is 0 Å². The van der Waals surface area contributed by atoms with Crippen molar-refractivity contribution in [2.24, 2.45) is 10.9 Å². The predicted molar refractivity (Wildman–Crippen MR) is 76.7 cm³/mol. The van der Waals surface area contributed by atoms with Gasteiger partial charge in [0.1, 0.15) is 0 Å². The summed E-state index contributed by atoms with van der Waals surface area (Å²) in [5.74, 6) is -0.167. The zero-order valence-corrected chi connectivity index (χ0v) is 12.7. The van der Waals surface area contributed by atoms with Crippen molar-refractivity contribution in [1.82, 2.24) is 4.90 Å². The van der Waals surface area contributed by atoms with Gasteiger partial charge in [-0.05, 0) is 19.5 Å². The van der Waals surface area contributed by atoms with Crippen molar-refractivity contribution < 1.29 is 14.3 Å². The maximum atomic E-state index is 12.2. The Bertz CT molecular complexity index is 323. The lowest BCUT2D eigenvalue weighted by atomic mass is 9.98. The summed E-state index contributed by atoms with van der Waals surface area (Å²) in [5.41, 5.74) is 0.327. The average Bonchev–Trinajstić information content (AvgIpc) is 2.44. The molecular formula is C14H26N2O3. The molecule has 0 aromatic heterocycles. The molecule has 0 aromatic rings. The highest BCUT2D eigenvalue weighted by Crippen LogP contribution is 2.07. The summed E-state index contributed by atoms with van der Waals surface area (Å²) in [4.78, 5) is 29.4. The van der Waals surface area contributed by atoms with Gasteiger partial charge in [-0.3, -0.25) is 4.79 Å². The Morgan fingerprint density at radius 3 is 2.21 bits per heavy atom. The summed E-state index contributed by atoms with van der Waals surface area (Å²) >= 11 is 0. The molecule has 0 bridgehead atoms. The number of hydrogen-bond acceptors (Lipinski definition) is 4. The van der Waals surface area contributed by atoms with E-state index < -0.39 is 6.09 Å². The SMILES string of the molecule is CCC(C)C(=O)C(CCN(CC)CC)=NC(=O)OC. The van der Waals surface area contributed by atoms with E-state index in [2.05, 4.69) is 28.5 Å². The molecule has 19 heavy (non-hydrogen) atoms. The Balaban J connectivity index is 4.83. The van der Waals surface area contributed by atoms with Crippen LogP contribution in [-0.2, 0) is 9.53 Å². The largest absolute Gasteiger partial charge is 0.451 e. The lowest BCUT2D eigenvalue weighted by Gasteiger charge is -2.18. The van der Waals surface area contributed by atoms with Crippen LogP contribution in [0.15, 0.2) is 4.99 Å². The summed E-state index contributed by atoms with van der Waals surface area (Å²) in [6.45, 7) is 10.5. The average molecular weight is 270 g/mol. The number of hydrogen-bond donors (Lipinski definition) is 0. The van der Waals surface area contributed by atoms with Crippen LogP contribution in [-0.4, -0.2) is 49.2 Å². The van der Waals surface area contributed by atoms with E-state index in [1.807, 2.05) is 13.8 Å². The number of ether oxygens (including phenoxy) is 1. The molecule has 0 rings (SSSR count). The summed E-state index contributed by atoms with van der Waals surface area (Å²) in [7, 11) is 1.27. The quantitative estimate of drug-likeness (QED) is 0.636. The number of Topliss-reactive ketones (excluding diaryl/α,β-unsaturated/α-hetero) is 1. The fourth-order valence-electron chi connectivity index (χ4n) is 1.66. The summed E-state index contributed by atoms with van der Waals surface area (Å²) in [6, 6.07) is 0. The predicted octanol–water partition coefficient (Wildman–Crippen LogP) is 2.54. The molecule has 0 aliphatic rings. The summed E-state index contributed by atoms with van der Waals surface area (Å²) in [5, 5.41) is 0. The maximum Gasteiger partial charge on any atom is 0.433 e. The van der Waals surface area contributed by atoms with Crippen LogP contribution in [0.4, 0.5) is 4.79 Å². The molecule has 0 aromatic carbocycles. The molecule has 0 fully saturated rings. The molecule has 1 atom stereocenters. The van der Waals surface area contributed by atoms with Crippen LogP contribution in [0.2, 0.25) is 0 Å². The van der Waals surface area contributed by atoms with Gasteiger partial charge in [-0.2, -0.15) is 4.99 Å². The van der Waals surface area contributed by atoms with E-state index >= 15 is 0 Å². The minimum absolute atomic E-state index is 0.0555. The molecule has 0 N–H and O–H groups in total. The Kier molecular flexibility index (Phi) is 9.04. The number of rotatable bonds is 8. The summed E-state index contributed by atoms with van der Waals surface area (Å²) in [6.07, 6.45) is 0.524. The van der Waals surface area contributed by atoms with E-state index in [4.69, 9.17) is 0 Å². The van der Waals surface area contributed by atoms with Crippen molar-refractivity contribution in [2.75, 3.05) is 26.7 Å². The second kappa shape index (κ2) is 9.67. The molecule has 5 heteroatoms. The minimum atomic E-state index is -0.703. The highest BCUT2D eigenvalue weighted by molar-refractivity contribution is 6.41. The number of aliphatic imine (C=N–C) groups is 1. The molecule has 0 spiro atoms. The molecule has 110 valence electrons. The smallest absolute Gasteiger partial charge is 0.433 e. The van der Waals surface area contributed by atoms with Gasteiger partial charge < -0.3 is 9.64 Å². The number of carbonyl (C=O) groups is 2. The standard InChI is InChI=1S/C14H26N2O3/c1-6-11(4)13(17)12(15-14(18)19-5)9-10-16(7-2)8-3/h11H,6-10H2,1-5H3. The number of ketones is 1. The van der Waals surface area contributed by atoms with Crippen molar-refractivity contribution in [1.29, 1.82) is 0 Å². The fourth-order valence-corrected chi connectivity index (χ4v) is 1.66. The Hall–Kier alpha value is -1.23. The Morgan fingerprint density at radius 1 is 1.21 bits per heavy atom. The van der Waals surface area contributed by atoms with E-state index in [1.165, 1.54) is 7.11 Å². The van der Waals surface area contributed by atoms with Gasteiger partial charge in [0.2, 0.25) is 0 Å². The van der Waals surface area contributed by atoms with Crippen molar-refractivity contribution in [3.8, 4) is 0 Å². The van der Waals surface area contributed by atoms with Crippen LogP contribution in [0, 0.1) is 5.92 Å². The first-order chi connectivity index (χ1) is 8.99. The van der Waals surface area contributed by atoms with Crippen LogP contribution in [0.1, 0.15) is 40.5 Å². The normalized spacial score (nSPS) is 13.5. The van der Waals surface area contributed by atoms with Crippen LogP contribution in [0.3, 0.4) is 0 Å². The highest BCUT2D eigenvalue weighted by Gasteiger charge is 2.19. The molecule has 0 saturated heterocycles. The third kappa shape index (κ3) is 6.47. The third-order valence-electron chi connectivity index (χ3n) is 3.30. The lowest BCUT2D eigenvalue weighted by molar-refractivity contribution is -0.116. The van der Waals surface area contributed by atoms with Gasteiger partial charge in [0.05, 0.1) is 12.8 Å². The van der Waals surface area contributed by atoms with Gasteiger partial charge in [-0.1, -0.05) is 27.7 Å². The molecular weight excluding hydrogens is 244 g/mol. The van der Waals surface area contributed by atoms with Gasteiger partial charge in [0.25, 0.3) is 0 Å². The zero-order valence-electron chi connectivity index (χ0n) is 12.7. The first-order valence-electron chi connectivity index (χ1n) is 6.92. The van der Waals surface area contributed by atoms with Crippen LogP contribution < -0.4 is 0 Å². The molecule has 0 aliphatic heterocycles. The van der Waals surface area contributed by atoms with Gasteiger partial charge in [-0.25, -0.2) is 4.79 Å². The maximum absolute atomic E-state index is 12.2. The van der Waals surface area contributed by atoms with E-state index in [-0.39, 0.29) is 11.7 Å². The van der Waals surface area contributed by atoms with Gasteiger partial charge >= 0.3 is 6.09 Å².